The third-order valence-corrected chi connectivity index (χ3v) is 5.41. The van der Waals surface area contributed by atoms with Gasteiger partial charge in [0.1, 0.15) is 18.2 Å². The molecule has 33 heavy (non-hydrogen) atoms. The molecule has 0 radical (unpaired) electrons. The van der Waals surface area contributed by atoms with Crippen LogP contribution in [0.25, 0.3) is 28.1 Å². The zero-order chi connectivity index (χ0) is 23.1. The molecule has 0 atom stereocenters. The van der Waals surface area contributed by atoms with Crippen molar-refractivity contribution in [1.82, 2.24) is 14.0 Å². The molecule has 0 fully saturated rings. The minimum absolute atomic E-state index is 0.253. The minimum atomic E-state index is -0.747. The van der Waals surface area contributed by atoms with Crippen molar-refractivity contribution in [2.45, 2.75) is 13.5 Å². The number of imidazole rings is 1. The van der Waals surface area contributed by atoms with E-state index in [4.69, 9.17) is 0 Å². The summed E-state index contributed by atoms with van der Waals surface area (Å²) in [5.74, 6) is -1.73. The minimum Gasteiger partial charge on any atom is -0.322 e. The Hall–Kier alpha value is -4.33. The number of amides is 1. The number of nitrogens with one attached hydrogen (secondary N) is 1. The van der Waals surface area contributed by atoms with Gasteiger partial charge in [0.05, 0.1) is 22.4 Å². The summed E-state index contributed by atoms with van der Waals surface area (Å²) in [5, 5.41) is 2.40. The van der Waals surface area contributed by atoms with Gasteiger partial charge in [0.15, 0.2) is 0 Å². The van der Waals surface area contributed by atoms with Gasteiger partial charge in [-0.3, -0.25) is 9.59 Å². The fourth-order valence-electron chi connectivity index (χ4n) is 3.82. The van der Waals surface area contributed by atoms with Crippen molar-refractivity contribution in [3.8, 4) is 11.3 Å². The standard InChI is InChI=1S/C25H18F2N4O2/c1-15-6-8-16(9-7-15)19-13-24(33)31-22-5-3-2-4-21(22)30(25(31)29-19)14-23(32)28-20-12-17(26)10-11-18(20)27/h2-13H,14H2,1H3,(H,28,32). The molecule has 5 rings (SSSR count). The first-order valence-corrected chi connectivity index (χ1v) is 10.2. The van der Waals surface area contributed by atoms with Crippen LogP contribution in [0.3, 0.4) is 0 Å². The third-order valence-electron chi connectivity index (χ3n) is 5.41. The van der Waals surface area contributed by atoms with Crippen molar-refractivity contribution < 1.29 is 13.6 Å². The van der Waals surface area contributed by atoms with Gasteiger partial charge in [0.2, 0.25) is 11.7 Å². The van der Waals surface area contributed by atoms with E-state index in [2.05, 4.69) is 10.3 Å². The summed E-state index contributed by atoms with van der Waals surface area (Å²) in [7, 11) is 0. The third kappa shape index (κ3) is 3.76. The number of benzene rings is 3. The van der Waals surface area contributed by atoms with Crippen LogP contribution < -0.4 is 10.9 Å². The lowest BCUT2D eigenvalue weighted by molar-refractivity contribution is -0.116. The monoisotopic (exact) mass is 444 g/mol. The molecule has 0 aliphatic carbocycles. The summed E-state index contributed by atoms with van der Waals surface area (Å²) < 4.78 is 30.5. The molecule has 1 N–H and O–H groups in total. The summed E-state index contributed by atoms with van der Waals surface area (Å²) in [5.41, 5.74) is 2.97. The zero-order valence-corrected chi connectivity index (χ0v) is 17.5. The van der Waals surface area contributed by atoms with Crippen LogP contribution in [-0.2, 0) is 11.3 Å². The van der Waals surface area contributed by atoms with E-state index in [0.717, 1.165) is 29.3 Å². The van der Waals surface area contributed by atoms with Gasteiger partial charge in [0.25, 0.3) is 5.56 Å². The quantitative estimate of drug-likeness (QED) is 0.443. The molecule has 164 valence electrons. The predicted molar refractivity (Wildman–Crippen MR) is 122 cm³/mol. The topological polar surface area (TPSA) is 68.4 Å². The number of carbonyl (C=O) groups excluding carboxylic acids is 1. The van der Waals surface area contributed by atoms with Crippen LogP contribution in [-0.4, -0.2) is 19.9 Å². The Labute approximate surface area is 186 Å². The van der Waals surface area contributed by atoms with E-state index in [1.807, 2.05) is 31.2 Å². The van der Waals surface area contributed by atoms with Crippen molar-refractivity contribution in [3.05, 3.63) is 100 Å². The lowest BCUT2D eigenvalue weighted by Gasteiger charge is -2.09. The molecule has 0 bridgehead atoms. The fraction of sp³-hybridized carbons (Fsp3) is 0.0800. The van der Waals surface area contributed by atoms with Crippen molar-refractivity contribution >= 4 is 28.4 Å². The van der Waals surface area contributed by atoms with Crippen LogP contribution in [0.4, 0.5) is 14.5 Å². The number of hydrogen-bond acceptors (Lipinski definition) is 3. The van der Waals surface area contributed by atoms with E-state index in [-0.39, 0.29) is 23.6 Å². The molecule has 0 aliphatic heterocycles. The number of anilines is 1. The first-order chi connectivity index (χ1) is 15.9. The highest BCUT2D eigenvalue weighted by Gasteiger charge is 2.18. The molecular weight excluding hydrogens is 426 g/mol. The molecule has 6 nitrogen and oxygen atoms in total. The van der Waals surface area contributed by atoms with Gasteiger partial charge in [0, 0.05) is 17.7 Å². The number of para-hydroxylation sites is 2. The largest absolute Gasteiger partial charge is 0.322 e. The highest BCUT2D eigenvalue weighted by molar-refractivity contribution is 5.93. The molecule has 3 aromatic carbocycles. The summed E-state index contributed by atoms with van der Waals surface area (Å²) in [6.07, 6.45) is 0. The van der Waals surface area contributed by atoms with Crippen molar-refractivity contribution in [3.63, 3.8) is 0 Å². The van der Waals surface area contributed by atoms with Gasteiger partial charge in [-0.25, -0.2) is 18.2 Å². The molecule has 0 spiro atoms. The van der Waals surface area contributed by atoms with Crippen LogP contribution >= 0.6 is 0 Å². The number of aromatic nitrogens is 3. The molecule has 1 amide bonds. The average molecular weight is 444 g/mol. The second kappa shape index (κ2) is 7.98. The predicted octanol–water partition coefficient (Wildman–Crippen LogP) is 4.54. The van der Waals surface area contributed by atoms with E-state index in [0.29, 0.717) is 16.7 Å². The number of fused-ring (bicyclic) bond motifs is 3. The molecule has 2 aromatic heterocycles. The van der Waals surface area contributed by atoms with Crippen LogP contribution in [0.1, 0.15) is 5.56 Å². The van der Waals surface area contributed by atoms with Gasteiger partial charge in [-0.1, -0.05) is 42.0 Å². The summed E-state index contributed by atoms with van der Waals surface area (Å²) in [4.78, 5) is 30.5. The van der Waals surface area contributed by atoms with Crippen molar-refractivity contribution in [1.29, 1.82) is 0 Å². The molecule has 0 aliphatic rings. The van der Waals surface area contributed by atoms with Gasteiger partial charge in [-0.2, -0.15) is 0 Å². The van der Waals surface area contributed by atoms with E-state index < -0.39 is 17.5 Å². The molecule has 2 heterocycles. The van der Waals surface area contributed by atoms with E-state index in [9.17, 15) is 18.4 Å². The molecular formula is C25H18F2N4O2. The number of nitrogens with zero attached hydrogens (tertiary/aromatic N) is 3. The SMILES string of the molecule is Cc1ccc(-c2cc(=O)n3c4ccccc4n(CC(=O)Nc4cc(F)ccc4F)c3n2)cc1. The maximum Gasteiger partial charge on any atom is 0.260 e. The lowest BCUT2D eigenvalue weighted by atomic mass is 10.1. The van der Waals surface area contributed by atoms with E-state index in [1.165, 1.54) is 10.5 Å². The summed E-state index contributed by atoms with van der Waals surface area (Å²) in [6.45, 7) is 1.71. The molecule has 0 saturated heterocycles. The van der Waals surface area contributed by atoms with Gasteiger partial charge in [-0.05, 0) is 31.2 Å². The first kappa shape index (κ1) is 20.6. The van der Waals surface area contributed by atoms with E-state index >= 15 is 0 Å². The molecule has 8 heteroatoms. The summed E-state index contributed by atoms with van der Waals surface area (Å²) >= 11 is 0. The Balaban J connectivity index is 1.63. The van der Waals surface area contributed by atoms with Gasteiger partial charge < -0.3 is 9.88 Å². The lowest BCUT2D eigenvalue weighted by Crippen LogP contribution is -2.21. The number of carbonyl (C=O) groups is 1. The van der Waals surface area contributed by atoms with Crippen LogP contribution in [0.5, 0.6) is 0 Å². The highest BCUT2D eigenvalue weighted by Crippen LogP contribution is 2.23. The maximum atomic E-state index is 14.0. The van der Waals surface area contributed by atoms with Crippen molar-refractivity contribution in [2.75, 3.05) is 5.32 Å². The maximum absolute atomic E-state index is 14.0. The zero-order valence-electron chi connectivity index (χ0n) is 17.5. The van der Waals surface area contributed by atoms with Crippen molar-refractivity contribution in [2.24, 2.45) is 0 Å². The van der Waals surface area contributed by atoms with Gasteiger partial charge >= 0.3 is 0 Å². The second-order valence-corrected chi connectivity index (χ2v) is 7.73. The van der Waals surface area contributed by atoms with Crippen LogP contribution in [0, 0.1) is 18.6 Å². The molecule has 5 aromatic rings. The Kier molecular flexibility index (Phi) is 4.97. The molecule has 0 saturated carbocycles. The normalized spacial score (nSPS) is 11.2. The average Bonchev–Trinajstić information content (AvgIpc) is 3.11. The first-order valence-electron chi connectivity index (χ1n) is 10.2. The number of aryl methyl sites for hydroxylation is 1. The van der Waals surface area contributed by atoms with Crippen LogP contribution in [0.15, 0.2) is 77.6 Å². The summed E-state index contributed by atoms with van der Waals surface area (Å²) in [6, 6.07) is 19.0. The smallest absolute Gasteiger partial charge is 0.260 e. The van der Waals surface area contributed by atoms with Gasteiger partial charge in [-0.15, -0.1) is 0 Å². The van der Waals surface area contributed by atoms with E-state index in [1.54, 1.807) is 28.8 Å². The Bertz CT molecular complexity index is 1590. The Morgan fingerprint density at radius 2 is 1.70 bits per heavy atom. The number of hydrogen-bond donors (Lipinski definition) is 1. The second-order valence-electron chi connectivity index (χ2n) is 7.73. The number of halogens is 2. The highest BCUT2D eigenvalue weighted by atomic mass is 19.1. The fourth-order valence-corrected chi connectivity index (χ4v) is 3.82. The Morgan fingerprint density at radius 3 is 2.45 bits per heavy atom. The molecule has 0 unspecified atom stereocenters. The number of rotatable bonds is 4. The Morgan fingerprint density at radius 1 is 0.970 bits per heavy atom. The van der Waals surface area contributed by atoms with Crippen LogP contribution in [0.2, 0.25) is 0 Å².